The van der Waals surface area contributed by atoms with Crippen LogP contribution in [-0.4, -0.2) is 12.5 Å². The molecule has 1 amide bonds. The fourth-order valence-corrected chi connectivity index (χ4v) is 3.91. The van der Waals surface area contributed by atoms with E-state index in [2.05, 4.69) is 59.2 Å². The van der Waals surface area contributed by atoms with Crippen molar-refractivity contribution in [2.75, 3.05) is 11.9 Å². The van der Waals surface area contributed by atoms with Gasteiger partial charge in [0, 0.05) is 11.7 Å². The van der Waals surface area contributed by atoms with Gasteiger partial charge in [0.15, 0.2) is 0 Å². The fourth-order valence-electron chi connectivity index (χ4n) is 3.91. The summed E-state index contributed by atoms with van der Waals surface area (Å²) in [5.41, 5.74) is 6.13. The predicted molar refractivity (Wildman–Crippen MR) is 114 cm³/mol. The van der Waals surface area contributed by atoms with Crippen molar-refractivity contribution >= 4 is 11.6 Å². The predicted octanol–water partition coefficient (Wildman–Crippen LogP) is 4.69. The molecule has 1 aliphatic rings. The summed E-state index contributed by atoms with van der Waals surface area (Å²) in [7, 11) is 0. The molecule has 4 rings (SSSR count). The van der Waals surface area contributed by atoms with Crippen LogP contribution in [0.1, 0.15) is 34.7 Å². The van der Waals surface area contributed by atoms with Gasteiger partial charge in [0.05, 0.1) is 6.54 Å². The lowest BCUT2D eigenvalue weighted by Gasteiger charge is -2.19. The lowest BCUT2D eigenvalue weighted by atomic mass is 9.99. The van der Waals surface area contributed by atoms with Crippen molar-refractivity contribution in [2.24, 2.45) is 0 Å². The molecule has 3 aromatic rings. The maximum atomic E-state index is 12.5. The number of carbonyl (C=O) groups is 1. The molecule has 0 radical (unpaired) electrons. The zero-order chi connectivity index (χ0) is 19.2. The Balaban J connectivity index is 1.40. The molecular weight excluding hydrogens is 344 g/mol. The second-order valence-electron chi connectivity index (χ2n) is 7.42. The van der Waals surface area contributed by atoms with Gasteiger partial charge in [-0.2, -0.15) is 0 Å². The Morgan fingerprint density at radius 2 is 1.57 bits per heavy atom. The topological polar surface area (TPSA) is 41.1 Å². The van der Waals surface area contributed by atoms with Crippen molar-refractivity contribution in [1.29, 1.82) is 0 Å². The second-order valence-corrected chi connectivity index (χ2v) is 7.42. The first-order chi connectivity index (χ1) is 13.8. The first-order valence-electron chi connectivity index (χ1n) is 10.0. The van der Waals surface area contributed by atoms with E-state index in [1.54, 1.807) is 0 Å². The summed E-state index contributed by atoms with van der Waals surface area (Å²) in [5, 5.41) is 6.49. The number of nitrogens with one attached hydrogen (secondary N) is 2. The minimum absolute atomic E-state index is 0.00746. The third kappa shape index (κ3) is 4.68. The van der Waals surface area contributed by atoms with Crippen molar-refractivity contribution in [2.45, 2.75) is 31.7 Å². The van der Waals surface area contributed by atoms with Crippen LogP contribution in [0.4, 0.5) is 5.69 Å². The van der Waals surface area contributed by atoms with Crippen LogP contribution >= 0.6 is 0 Å². The molecule has 3 aromatic carbocycles. The highest BCUT2D eigenvalue weighted by Gasteiger charge is 2.15. The monoisotopic (exact) mass is 370 g/mol. The SMILES string of the molecule is O=C(CN[C@H](Cc1ccccc1)c1ccccc1)Nc1ccc2c(c1)CCC2. The van der Waals surface area contributed by atoms with Crippen molar-refractivity contribution < 1.29 is 4.79 Å². The Kier molecular flexibility index (Phi) is 5.83. The number of hydrogen-bond acceptors (Lipinski definition) is 2. The van der Waals surface area contributed by atoms with E-state index in [4.69, 9.17) is 0 Å². The summed E-state index contributed by atoms with van der Waals surface area (Å²) in [6, 6.07) is 27.1. The fraction of sp³-hybridized carbons (Fsp3) is 0.240. The molecule has 0 bridgehead atoms. The number of rotatable bonds is 7. The minimum atomic E-state index is -0.00746. The Morgan fingerprint density at radius 3 is 2.36 bits per heavy atom. The third-order valence-electron chi connectivity index (χ3n) is 5.38. The van der Waals surface area contributed by atoms with Crippen molar-refractivity contribution in [3.05, 3.63) is 101 Å². The van der Waals surface area contributed by atoms with E-state index >= 15 is 0 Å². The van der Waals surface area contributed by atoms with Gasteiger partial charge >= 0.3 is 0 Å². The van der Waals surface area contributed by atoms with Crippen LogP contribution < -0.4 is 10.6 Å². The van der Waals surface area contributed by atoms with E-state index in [0.29, 0.717) is 0 Å². The third-order valence-corrected chi connectivity index (χ3v) is 5.38. The summed E-state index contributed by atoms with van der Waals surface area (Å²) < 4.78 is 0. The second kappa shape index (κ2) is 8.85. The van der Waals surface area contributed by atoms with Gasteiger partial charge in [-0.1, -0.05) is 66.7 Å². The van der Waals surface area contributed by atoms with E-state index in [0.717, 1.165) is 24.9 Å². The molecule has 0 fully saturated rings. The van der Waals surface area contributed by atoms with Gasteiger partial charge in [0.2, 0.25) is 5.91 Å². The molecule has 0 saturated heterocycles. The van der Waals surface area contributed by atoms with Crippen LogP contribution in [0.15, 0.2) is 78.9 Å². The van der Waals surface area contributed by atoms with Gasteiger partial charge in [-0.3, -0.25) is 4.79 Å². The van der Waals surface area contributed by atoms with Crippen LogP contribution in [0.5, 0.6) is 0 Å². The highest BCUT2D eigenvalue weighted by molar-refractivity contribution is 5.92. The van der Waals surface area contributed by atoms with E-state index < -0.39 is 0 Å². The normalized spacial score (nSPS) is 13.7. The van der Waals surface area contributed by atoms with Crippen LogP contribution in [0.2, 0.25) is 0 Å². The molecule has 0 saturated carbocycles. The number of benzene rings is 3. The maximum absolute atomic E-state index is 12.5. The van der Waals surface area contributed by atoms with Crippen molar-refractivity contribution in [3.63, 3.8) is 0 Å². The summed E-state index contributed by atoms with van der Waals surface area (Å²) in [4.78, 5) is 12.5. The van der Waals surface area contributed by atoms with Crippen LogP contribution in [-0.2, 0) is 24.1 Å². The lowest BCUT2D eigenvalue weighted by Crippen LogP contribution is -2.32. The molecule has 28 heavy (non-hydrogen) atoms. The quantitative estimate of drug-likeness (QED) is 0.634. The van der Waals surface area contributed by atoms with Gasteiger partial charge in [-0.25, -0.2) is 0 Å². The summed E-state index contributed by atoms with van der Waals surface area (Å²) in [5.74, 6) is -0.00746. The van der Waals surface area contributed by atoms with Gasteiger partial charge in [0.25, 0.3) is 0 Å². The van der Waals surface area contributed by atoms with Crippen molar-refractivity contribution in [1.82, 2.24) is 5.32 Å². The largest absolute Gasteiger partial charge is 0.325 e. The Hall–Kier alpha value is -2.91. The Morgan fingerprint density at radius 1 is 0.857 bits per heavy atom. The summed E-state index contributed by atoms with van der Waals surface area (Å²) in [6.07, 6.45) is 4.33. The van der Waals surface area contributed by atoms with Crippen molar-refractivity contribution in [3.8, 4) is 0 Å². The molecule has 3 nitrogen and oxygen atoms in total. The molecule has 0 unspecified atom stereocenters. The van der Waals surface area contributed by atoms with Gasteiger partial charge in [-0.15, -0.1) is 0 Å². The van der Waals surface area contributed by atoms with E-state index in [9.17, 15) is 4.79 Å². The number of anilines is 1. The standard InChI is InChI=1S/C25H26N2O/c28-25(27-23-15-14-20-12-7-13-22(20)17-23)18-26-24(21-10-5-2-6-11-21)16-19-8-3-1-4-9-19/h1-6,8-11,14-15,17,24,26H,7,12-13,16,18H2,(H,27,28)/t24-/m1/s1. The van der Waals surface area contributed by atoms with Crippen LogP contribution in [0.3, 0.4) is 0 Å². The smallest absolute Gasteiger partial charge is 0.238 e. The molecule has 0 aliphatic heterocycles. The molecule has 0 aromatic heterocycles. The Bertz CT molecular complexity index is 922. The van der Waals surface area contributed by atoms with Crippen LogP contribution in [0.25, 0.3) is 0 Å². The average molecular weight is 370 g/mol. The molecule has 0 spiro atoms. The number of hydrogen-bond donors (Lipinski definition) is 2. The number of amides is 1. The number of aryl methyl sites for hydroxylation is 2. The summed E-state index contributed by atoms with van der Waals surface area (Å²) >= 11 is 0. The lowest BCUT2D eigenvalue weighted by molar-refractivity contribution is -0.115. The summed E-state index contributed by atoms with van der Waals surface area (Å²) in [6.45, 7) is 0.281. The number of carbonyl (C=O) groups excluding carboxylic acids is 1. The average Bonchev–Trinajstić information content (AvgIpc) is 3.20. The van der Waals surface area contributed by atoms with Crippen LogP contribution in [0, 0.1) is 0 Å². The molecule has 0 heterocycles. The van der Waals surface area contributed by atoms with E-state index in [1.807, 2.05) is 30.3 Å². The number of fused-ring (bicyclic) bond motifs is 1. The first-order valence-corrected chi connectivity index (χ1v) is 10.0. The highest BCUT2D eigenvalue weighted by Crippen LogP contribution is 2.25. The van der Waals surface area contributed by atoms with E-state index in [-0.39, 0.29) is 18.5 Å². The molecule has 3 heteroatoms. The zero-order valence-electron chi connectivity index (χ0n) is 16.0. The van der Waals surface area contributed by atoms with E-state index in [1.165, 1.54) is 28.7 Å². The Labute approximate surface area is 166 Å². The molecule has 1 aliphatic carbocycles. The highest BCUT2D eigenvalue weighted by atomic mass is 16.1. The van der Waals surface area contributed by atoms with Gasteiger partial charge < -0.3 is 10.6 Å². The maximum Gasteiger partial charge on any atom is 0.238 e. The van der Waals surface area contributed by atoms with Gasteiger partial charge in [0.1, 0.15) is 0 Å². The van der Waals surface area contributed by atoms with Gasteiger partial charge in [-0.05, 0) is 60.1 Å². The molecule has 2 N–H and O–H groups in total. The minimum Gasteiger partial charge on any atom is -0.325 e. The molecular formula is C25H26N2O. The molecule has 1 atom stereocenters. The molecule has 142 valence electrons. The first kappa shape index (κ1) is 18.5. The zero-order valence-corrected chi connectivity index (χ0v) is 16.0.